The normalized spacial score (nSPS) is 17.8. The van der Waals surface area contributed by atoms with Crippen LogP contribution in [0.1, 0.15) is 18.4 Å². The Labute approximate surface area is 121 Å². The molecule has 0 saturated carbocycles. The van der Waals surface area contributed by atoms with Crippen LogP contribution in [0.4, 0.5) is 0 Å². The van der Waals surface area contributed by atoms with Gasteiger partial charge in [-0.3, -0.25) is 0 Å². The molecular weight excluding hydrogens is 262 g/mol. The maximum atomic E-state index is 5.56. The van der Waals surface area contributed by atoms with E-state index in [1.54, 1.807) is 6.08 Å². The number of hydrogen-bond acceptors (Lipinski definition) is 3. The van der Waals surface area contributed by atoms with Crippen molar-refractivity contribution in [2.45, 2.75) is 25.5 Å². The van der Waals surface area contributed by atoms with Gasteiger partial charge >= 0.3 is 0 Å². The number of benzene rings is 1. The van der Waals surface area contributed by atoms with Crippen molar-refractivity contribution in [3.63, 3.8) is 0 Å². The fraction of sp³-hybridized carbons (Fsp3) is 0.467. The first-order valence-corrected chi connectivity index (χ1v) is 6.53. The van der Waals surface area contributed by atoms with Gasteiger partial charge in [0.1, 0.15) is 12.4 Å². The second-order valence-corrected chi connectivity index (χ2v) is 4.51. The molecule has 0 amide bonds. The molecule has 2 rings (SSSR count). The van der Waals surface area contributed by atoms with Crippen LogP contribution in [0.25, 0.3) is 0 Å². The molecule has 19 heavy (non-hydrogen) atoms. The molecule has 1 aromatic rings. The molecule has 0 spiro atoms. The Hall–Kier alpha value is -1.03. The van der Waals surface area contributed by atoms with Gasteiger partial charge < -0.3 is 27.2 Å². The quantitative estimate of drug-likeness (QED) is 0.686. The second kappa shape index (κ2) is 8.97. The van der Waals surface area contributed by atoms with E-state index in [2.05, 4.69) is 24.0 Å². The third-order valence-corrected chi connectivity index (χ3v) is 3.02. The first-order chi connectivity index (χ1) is 8.88. The predicted molar refractivity (Wildman–Crippen MR) is 72.8 cm³/mol. The van der Waals surface area contributed by atoms with Gasteiger partial charge in [-0.05, 0) is 30.5 Å². The summed E-state index contributed by atoms with van der Waals surface area (Å²) in [4.78, 5) is 0. The lowest BCUT2D eigenvalue weighted by Gasteiger charge is -2.11. The highest BCUT2D eigenvalue weighted by molar-refractivity contribution is 5.27. The van der Waals surface area contributed by atoms with Crippen LogP contribution in [-0.2, 0) is 11.3 Å². The molecule has 4 heteroatoms. The maximum absolute atomic E-state index is 5.56. The third kappa shape index (κ3) is 5.64. The minimum atomic E-state index is 0. The van der Waals surface area contributed by atoms with E-state index in [-0.39, 0.29) is 12.4 Å². The average Bonchev–Trinajstić information content (AvgIpc) is 2.91. The minimum absolute atomic E-state index is 0. The van der Waals surface area contributed by atoms with E-state index < -0.39 is 0 Å². The summed E-state index contributed by atoms with van der Waals surface area (Å²) in [7, 11) is 0. The standard InChI is InChI=1S/C15H21NO2.ClH/c1-2-9-17-14-7-5-13(6-8-14)11-16-12-15-4-3-10-18-15;/h2,5-8,15-16H,1,3-4,9-12H2;1H/p-1. The van der Waals surface area contributed by atoms with Crippen LogP contribution in [-0.4, -0.2) is 25.9 Å². The zero-order valence-electron chi connectivity index (χ0n) is 11.1. The summed E-state index contributed by atoms with van der Waals surface area (Å²) in [6.45, 7) is 6.91. The van der Waals surface area contributed by atoms with E-state index >= 15 is 0 Å². The smallest absolute Gasteiger partial charge is 0.119 e. The molecule has 1 atom stereocenters. The summed E-state index contributed by atoms with van der Waals surface area (Å²) in [6.07, 6.45) is 4.53. The Morgan fingerprint density at radius 3 is 2.79 bits per heavy atom. The first kappa shape index (κ1) is 16.0. The summed E-state index contributed by atoms with van der Waals surface area (Å²) in [5, 5.41) is 3.42. The monoisotopic (exact) mass is 282 g/mol. The zero-order valence-corrected chi connectivity index (χ0v) is 11.9. The number of nitrogens with one attached hydrogen (secondary N) is 1. The van der Waals surface area contributed by atoms with Crippen molar-refractivity contribution in [1.29, 1.82) is 0 Å². The molecule has 1 heterocycles. The molecule has 0 aromatic heterocycles. The van der Waals surface area contributed by atoms with E-state index in [1.807, 2.05) is 12.1 Å². The van der Waals surface area contributed by atoms with Gasteiger partial charge in [0, 0.05) is 19.7 Å². The molecule has 1 aliphatic heterocycles. The highest BCUT2D eigenvalue weighted by Crippen LogP contribution is 2.13. The fourth-order valence-electron chi connectivity index (χ4n) is 2.04. The maximum Gasteiger partial charge on any atom is 0.119 e. The molecule has 3 nitrogen and oxygen atoms in total. The molecule has 1 aliphatic rings. The minimum Gasteiger partial charge on any atom is -1.00 e. The van der Waals surface area contributed by atoms with E-state index in [1.165, 1.54) is 18.4 Å². The van der Waals surface area contributed by atoms with Crippen LogP contribution < -0.4 is 22.5 Å². The lowest BCUT2D eigenvalue weighted by molar-refractivity contribution is -0.00000543. The van der Waals surface area contributed by atoms with Crippen LogP contribution in [0, 0.1) is 0 Å². The van der Waals surface area contributed by atoms with E-state index in [9.17, 15) is 0 Å². The van der Waals surface area contributed by atoms with Crippen LogP contribution in [0.15, 0.2) is 36.9 Å². The van der Waals surface area contributed by atoms with E-state index in [0.717, 1.165) is 25.4 Å². The zero-order chi connectivity index (χ0) is 12.6. The Bertz CT molecular complexity index is 361. The highest BCUT2D eigenvalue weighted by atomic mass is 35.5. The van der Waals surface area contributed by atoms with Crippen molar-refractivity contribution in [3.8, 4) is 5.75 Å². The molecule has 106 valence electrons. The Morgan fingerprint density at radius 1 is 1.37 bits per heavy atom. The topological polar surface area (TPSA) is 30.5 Å². The highest BCUT2D eigenvalue weighted by Gasteiger charge is 2.14. The summed E-state index contributed by atoms with van der Waals surface area (Å²) >= 11 is 0. The van der Waals surface area contributed by atoms with Crippen molar-refractivity contribution >= 4 is 0 Å². The van der Waals surface area contributed by atoms with Gasteiger partial charge in [-0.15, -0.1) is 0 Å². The summed E-state index contributed by atoms with van der Waals surface area (Å²) in [5.41, 5.74) is 1.26. The molecule has 0 aliphatic carbocycles. The van der Waals surface area contributed by atoms with Crippen molar-refractivity contribution in [2.75, 3.05) is 19.8 Å². The van der Waals surface area contributed by atoms with Gasteiger partial charge in [0.25, 0.3) is 0 Å². The van der Waals surface area contributed by atoms with Crippen LogP contribution in [0.2, 0.25) is 0 Å². The SMILES string of the molecule is C=CCOc1ccc(CNCC2CCCO2)cc1.[Cl-]. The van der Waals surface area contributed by atoms with Crippen molar-refractivity contribution in [2.24, 2.45) is 0 Å². The van der Waals surface area contributed by atoms with E-state index in [0.29, 0.717) is 12.7 Å². The van der Waals surface area contributed by atoms with Crippen LogP contribution in [0.5, 0.6) is 5.75 Å². The Kier molecular flexibility index (Phi) is 7.56. The third-order valence-electron chi connectivity index (χ3n) is 3.02. The van der Waals surface area contributed by atoms with Gasteiger partial charge in [-0.2, -0.15) is 0 Å². The molecule has 1 aromatic carbocycles. The summed E-state index contributed by atoms with van der Waals surface area (Å²) in [5.74, 6) is 0.887. The summed E-state index contributed by atoms with van der Waals surface area (Å²) < 4.78 is 11.0. The van der Waals surface area contributed by atoms with Crippen LogP contribution >= 0.6 is 0 Å². The fourth-order valence-corrected chi connectivity index (χ4v) is 2.04. The first-order valence-electron chi connectivity index (χ1n) is 6.53. The largest absolute Gasteiger partial charge is 1.00 e. The van der Waals surface area contributed by atoms with Gasteiger partial charge in [0.2, 0.25) is 0 Å². The number of hydrogen-bond donors (Lipinski definition) is 1. The van der Waals surface area contributed by atoms with Gasteiger partial charge in [0.05, 0.1) is 6.10 Å². The number of halogens is 1. The number of ether oxygens (including phenoxy) is 2. The second-order valence-electron chi connectivity index (χ2n) is 4.51. The Morgan fingerprint density at radius 2 is 2.16 bits per heavy atom. The predicted octanol–water partition coefficient (Wildman–Crippen LogP) is -0.476. The number of rotatable bonds is 7. The summed E-state index contributed by atoms with van der Waals surface area (Å²) in [6, 6.07) is 8.15. The Balaban J connectivity index is 0.00000180. The molecule has 1 fully saturated rings. The van der Waals surface area contributed by atoms with Gasteiger partial charge in [-0.1, -0.05) is 24.8 Å². The molecular formula is C15H21ClNO2-. The molecule has 1 N–H and O–H groups in total. The van der Waals surface area contributed by atoms with Gasteiger partial charge in [0.15, 0.2) is 0 Å². The van der Waals surface area contributed by atoms with Gasteiger partial charge in [-0.25, -0.2) is 0 Å². The average molecular weight is 283 g/mol. The molecule has 1 unspecified atom stereocenters. The molecule has 0 bridgehead atoms. The lowest BCUT2D eigenvalue weighted by atomic mass is 10.2. The van der Waals surface area contributed by atoms with Crippen molar-refractivity contribution < 1.29 is 21.9 Å². The van der Waals surface area contributed by atoms with E-state index in [4.69, 9.17) is 9.47 Å². The van der Waals surface area contributed by atoms with Crippen molar-refractivity contribution in [3.05, 3.63) is 42.5 Å². The van der Waals surface area contributed by atoms with Crippen molar-refractivity contribution in [1.82, 2.24) is 5.32 Å². The lowest BCUT2D eigenvalue weighted by Crippen LogP contribution is -3.00. The molecule has 0 radical (unpaired) electrons. The molecule has 1 saturated heterocycles. The van der Waals surface area contributed by atoms with Crippen LogP contribution in [0.3, 0.4) is 0 Å².